The van der Waals surface area contributed by atoms with Gasteiger partial charge < -0.3 is 0 Å². The molecule has 3 aromatic rings. The van der Waals surface area contributed by atoms with E-state index in [9.17, 15) is 0 Å². The topological polar surface area (TPSA) is 30.7 Å². The lowest BCUT2D eigenvalue weighted by Crippen LogP contribution is -2.03. The largest absolute Gasteiger partial charge is 0.264 e. The Balaban J connectivity index is 1.98. The summed E-state index contributed by atoms with van der Waals surface area (Å²) < 4.78 is 2.05. The monoisotopic (exact) mass is 263 g/mol. The van der Waals surface area contributed by atoms with Gasteiger partial charge in [-0.3, -0.25) is 9.67 Å². The van der Waals surface area contributed by atoms with E-state index in [1.807, 2.05) is 24.3 Å². The Morgan fingerprint density at radius 1 is 0.950 bits per heavy atom. The minimum Gasteiger partial charge on any atom is -0.264 e. The van der Waals surface area contributed by atoms with E-state index in [0.29, 0.717) is 0 Å². The summed E-state index contributed by atoms with van der Waals surface area (Å²) in [4.78, 5) is 4.40. The molecule has 0 unspecified atom stereocenters. The Bertz CT molecular complexity index is 700. The molecule has 0 bridgehead atoms. The smallest absolute Gasteiger partial charge is 0.114 e. The van der Waals surface area contributed by atoms with E-state index >= 15 is 0 Å². The summed E-state index contributed by atoms with van der Waals surface area (Å²) in [5, 5.41) is 4.73. The Morgan fingerprint density at radius 2 is 1.70 bits per heavy atom. The number of hydrogen-bond donors (Lipinski definition) is 0. The van der Waals surface area contributed by atoms with Crippen LogP contribution in [0.4, 0.5) is 0 Å². The molecule has 0 radical (unpaired) electrons. The quantitative estimate of drug-likeness (QED) is 0.722. The molecule has 0 aliphatic rings. The molecule has 2 heterocycles. The molecule has 20 heavy (non-hydrogen) atoms. The van der Waals surface area contributed by atoms with Gasteiger partial charge in [0.1, 0.15) is 5.69 Å². The molecule has 0 N–H and O–H groups in total. The fourth-order valence-electron chi connectivity index (χ4n) is 2.29. The van der Waals surface area contributed by atoms with Gasteiger partial charge in [0.25, 0.3) is 0 Å². The third-order valence-electron chi connectivity index (χ3n) is 3.59. The summed E-state index contributed by atoms with van der Waals surface area (Å²) in [6, 6.07) is 16.3. The minimum atomic E-state index is 0.792. The molecule has 100 valence electrons. The summed E-state index contributed by atoms with van der Waals surface area (Å²) >= 11 is 0. The van der Waals surface area contributed by atoms with Crippen molar-refractivity contribution < 1.29 is 0 Å². The van der Waals surface area contributed by atoms with Crippen molar-refractivity contribution >= 4 is 0 Å². The van der Waals surface area contributed by atoms with Crippen molar-refractivity contribution in [3.05, 3.63) is 71.5 Å². The highest BCUT2D eigenvalue weighted by Gasteiger charge is 2.13. The fraction of sp³-hybridized carbons (Fsp3) is 0.176. The molecular formula is C17H17N3. The average molecular weight is 263 g/mol. The molecule has 3 heteroatoms. The Kier molecular flexibility index (Phi) is 3.33. The van der Waals surface area contributed by atoms with Crippen LogP contribution in [-0.4, -0.2) is 14.8 Å². The van der Waals surface area contributed by atoms with Crippen molar-refractivity contribution in [3.8, 4) is 11.4 Å². The Labute approximate surface area is 118 Å². The van der Waals surface area contributed by atoms with Crippen molar-refractivity contribution in [2.24, 2.45) is 0 Å². The SMILES string of the molecule is Cc1c(-c2ccccn2)nn(Cc2ccccc2)c1C. The summed E-state index contributed by atoms with van der Waals surface area (Å²) in [6.45, 7) is 5.01. The van der Waals surface area contributed by atoms with Crippen LogP contribution < -0.4 is 0 Å². The Morgan fingerprint density at radius 3 is 2.40 bits per heavy atom. The van der Waals surface area contributed by atoms with Crippen molar-refractivity contribution in [2.45, 2.75) is 20.4 Å². The van der Waals surface area contributed by atoms with Crippen LogP contribution in [0.2, 0.25) is 0 Å². The number of aromatic nitrogens is 3. The van der Waals surface area contributed by atoms with Crippen LogP contribution in [0.15, 0.2) is 54.7 Å². The number of rotatable bonds is 3. The third kappa shape index (κ3) is 2.35. The summed E-state index contributed by atoms with van der Waals surface area (Å²) in [5.41, 5.74) is 5.54. The molecule has 0 atom stereocenters. The second-order valence-corrected chi connectivity index (χ2v) is 4.92. The number of nitrogens with zero attached hydrogens (tertiary/aromatic N) is 3. The lowest BCUT2D eigenvalue weighted by atomic mass is 10.1. The first kappa shape index (κ1) is 12.6. The van der Waals surface area contributed by atoms with Crippen LogP contribution in [-0.2, 0) is 6.54 Å². The second kappa shape index (κ2) is 5.29. The van der Waals surface area contributed by atoms with Gasteiger partial charge in [0.15, 0.2) is 0 Å². The first-order valence-electron chi connectivity index (χ1n) is 6.75. The highest BCUT2D eigenvalue weighted by molar-refractivity contribution is 5.59. The molecule has 0 aliphatic carbocycles. The lowest BCUT2D eigenvalue weighted by molar-refractivity contribution is 0.666. The highest BCUT2D eigenvalue weighted by Crippen LogP contribution is 2.22. The van der Waals surface area contributed by atoms with Gasteiger partial charge in [-0.15, -0.1) is 0 Å². The van der Waals surface area contributed by atoms with Gasteiger partial charge in [-0.2, -0.15) is 5.10 Å². The van der Waals surface area contributed by atoms with Crippen LogP contribution in [0.3, 0.4) is 0 Å². The van der Waals surface area contributed by atoms with Gasteiger partial charge in [0, 0.05) is 11.9 Å². The maximum absolute atomic E-state index is 4.73. The zero-order valence-electron chi connectivity index (χ0n) is 11.7. The molecule has 0 amide bonds. The molecule has 2 aromatic heterocycles. The van der Waals surface area contributed by atoms with E-state index in [1.165, 1.54) is 16.8 Å². The zero-order valence-corrected chi connectivity index (χ0v) is 11.7. The third-order valence-corrected chi connectivity index (χ3v) is 3.59. The standard InChI is InChI=1S/C17H17N3/c1-13-14(2)20(12-15-8-4-3-5-9-15)19-17(13)16-10-6-7-11-18-16/h3-11H,12H2,1-2H3. The van der Waals surface area contributed by atoms with E-state index in [1.54, 1.807) is 6.20 Å². The molecule has 0 aliphatic heterocycles. The minimum absolute atomic E-state index is 0.792. The number of pyridine rings is 1. The molecular weight excluding hydrogens is 246 g/mol. The zero-order chi connectivity index (χ0) is 13.9. The van der Waals surface area contributed by atoms with E-state index in [2.05, 4.69) is 47.8 Å². The second-order valence-electron chi connectivity index (χ2n) is 4.92. The van der Waals surface area contributed by atoms with Crippen molar-refractivity contribution in [3.63, 3.8) is 0 Å². The maximum atomic E-state index is 4.73. The van der Waals surface area contributed by atoms with Gasteiger partial charge in [0.05, 0.1) is 12.2 Å². The van der Waals surface area contributed by atoms with Crippen molar-refractivity contribution in [1.29, 1.82) is 0 Å². The summed E-state index contributed by atoms with van der Waals surface area (Å²) in [7, 11) is 0. The van der Waals surface area contributed by atoms with Crippen LogP contribution in [0.5, 0.6) is 0 Å². The molecule has 0 fully saturated rings. The predicted octanol–water partition coefficient (Wildman–Crippen LogP) is 3.61. The van der Waals surface area contributed by atoms with Crippen LogP contribution in [0.25, 0.3) is 11.4 Å². The predicted molar refractivity (Wildman–Crippen MR) is 80.5 cm³/mol. The first-order chi connectivity index (χ1) is 9.75. The molecule has 0 spiro atoms. The number of benzene rings is 1. The fourth-order valence-corrected chi connectivity index (χ4v) is 2.29. The van der Waals surface area contributed by atoms with Gasteiger partial charge in [-0.05, 0) is 37.1 Å². The lowest BCUT2D eigenvalue weighted by Gasteiger charge is -2.04. The first-order valence-corrected chi connectivity index (χ1v) is 6.75. The Hall–Kier alpha value is -2.42. The highest BCUT2D eigenvalue weighted by atomic mass is 15.3. The number of hydrogen-bond acceptors (Lipinski definition) is 2. The van der Waals surface area contributed by atoms with Gasteiger partial charge in [-0.1, -0.05) is 36.4 Å². The van der Waals surface area contributed by atoms with Gasteiger partial charge >= 0.3 is 0 Å². The van der Waals surface area contributed by atoms with E-state index in [4.69, 9.17) is 5.10 Å². The molecule has 3 nitrogen and oxygen atoms in total. The van der Waals surface area contributed by atoms with E-state index < -0.39 is 0 Å². The van der Waals surface area contributed by atoms with Crippen LogP contribution in [0, 0.1) is 13.8 Å². The van der Waals surface area contributed by atoms with Gasteiger partial charge in [0.2, 0.25) is 0 Å². The van der Waals surface area contributed by atoms with Gasteiger partial charge in [-0.25, -0.2) is 0 Å². The summed E-state index contributed by atoms with van der Waals surface area (Å²) in [6.07, 6.45) is 1.81. The van der Waals surface area contributed by atoms with Crippen molar-refractivity contribution in [2.75, 3.05) is 0 Å². The maximum Gasteiger partial charge on any atom is 0.114 e. The van der Waals surface area contributed by atoms with Crippen molar-refractivity contribution in [1.82, 2.24) is 14.8 Å². The van der Waals surface area contributed by atoms with E-state index in [-0.39, 0.29) is 0 Å². The molecule has 3 rings (SSSR count). The molecule has 0 saturated heterocycles. The van der Waals surface area contributed by atoms with Crippen LogP contribution in [0.1, 0.15) is 16.8 Å². The summed E-state index contributed by atoms with van der Waals surface area (Å²) in [5.74, 6) is 0. The van der Waals surface area contributed by atoms with E-state index in [0.717, 1.165) is 17.9 Å². The molecule has 1 aromatic carbocycles. The van der Waals surface area contributed by atoms with Crippen LogP contribution >= 0.6 is 0 Å². The average Bonchev–Trinajstić information content (AvgIpc) is 2.78. The normalized spacial score (nSPS) is 10.7. The molecule has 0 saturated carbocycles.